The second-order valence-corrected chi connectivity index (χ2v) is 5.56. The summed E-state index contributed by atoms with van der Waals surface area (Å²) in [7, 11) is 0. The normalized spacial score (nSPS) is 11.5. The quantitative estimate of drug-likeness (QED) is 0.508. The van der Waals surface area contributed by atoms with Gasteiger partial charge in [0, 0.05) is 9.13 Å². The third kappa shape index (κ3) is 5.67. The number of rotatable bonds is 2. The number of benzene rings is 1. The molecule has 1 aromatic carbocycles. The van der Waals surface area contributed by atoms with E-state index in [0.717, 1.165) is 9.13 Å². The standard InChI is InChI=1S/C12H15IN2O2/c1-12(2,3)17-11(16)15-14-8-9-6-4-5-7-10(9)13/h4-8H,1-3H3,(H,15,16)/b14-8+. The molecule has 0 unspecified atom stereocenters. The minimum absolute atomic E-state index is 0.513. The molecule has 1 rings (SSSR count). The minimum atomic E-state index is -0.556. The maximum atomic E-state index is 11.3. The van der Waals surface area contributed by atoms with E-state index in [9.17, 15) is 4.79 Å². The zero-order chi connectivity index (χ0) is 12.9. The molecule has 1 amide bonds. The van der Waals surface area contributed by atoms with Crippen molar-refractivity contribution in [2.24, 2.45) is 5.10 Å². The third-order valence-corrected chi connectivity index (χ3v) is 2.65. The Hall–Kier alpha value is -1.11. The highest BCUT2D eigenvalue weighted by Crippen LogP contribution is 2.09. The molecular formula is C12H15IN2O2. The van der Waals surface area contributed by atoms with Gasteiger partial charge in [-0.15, -0.1) is 0 Å². The van der Waals surface area contributed by atoms with E-state index in [1.54, 1.807) is 27.0 Å². The number of carbonyl (C=O) groups is 1. The van der Waals surface area contributed by atoms with E-state index in [2.05, 4.69) is 33.1 Å². The lowest BCUT2D eigenvalue weighted by Gasteiger charge is -2.18. The third-order valence-electron chi connectivity index (χ3n) is 1.66. The van der Waals surface area contributed by atoms with Gasteiger partial charge in [-0.25, -0.2) is 10.2 Å². The Morgan fingerprint density at radius 3 is 2.65 bits per heavy atom. The van der Waals surface area contributed by atoms with Crippen molar-refractivity contribution in [3.05, 3.63) is 33.4 Å². The first-order chi connectivity index (χ1) is 7.88. The maximum absolute atomic E-state index is 11.3. The second-order valence-electron chi connectivity index (χ2n) is 4.39. The lowest BCUT2D eigenvalue weighted by Crippen LogP contribution is -2.29. The Labute approximate surface area is 115 Å². The van der Waals surface area contributed by atoms with Crippen molar-refractivity contribution in [1.29, 1.82) is 0 Å². The number of hydrogen-bond donors (Lipinski definition) is 1. The predicted molar refractivity (Wildman–Crippen MR) is 76.1 cm³/mol. The average Bonchev–Trinajstić information content (AvgIpc) is 2.18. The molecule has 0 fully saturated rings. The van der Waals surface area contributed by atoms with Crippen molar-refractivity contribution in [3.8, 4) is 0 Å². The van der Waals surface area contributed by atoms with E-state index in [0.29, 0.717) is 0 Å². The molecule has 0 radical (unpaired) electrons. The number of ether oxygens (including phenoxy) is 1. The van der Waals surface area contributed by atoms with Gasteiger partial charge >= 0.3 is 6.09 Å². The summed E-state index contributed by atoms with van der Waals surface area (Å²) in [5.74, 6) is 0. The van der Waals surface area contributed by atoms with Crippen LogP contribution in [0.5, 0.6) is 0 Å². The van der Waals surface area contributed by atoms with Crippen molar-refractivity contribution in [2.75, 3.05) is 0 Å². The van der Waals surface area contributed by atoms with E-state index >= 15 is 0 Å². The van der Waals surface area contributed by atoms with Gasteiger partial charge in [0.2, 0.25) is 0 Å². The monoisotopic (exact) mass is 346 g/mol. The van der Waals surface area contributed by atoms with Crippen LogP contribution in [-0.2, 0) is 4.74 Å². The van der Waals surface area contributed by atoms with Crippen LogP contribution >= 0.6 is 22.6 Å². The Kier molecular flexibility index (Phi) is 4.92. The molecule has 0 saturated carbocycles. The number of halogens is 1. The molecule has 1 aromatic rings. The molecule has 0 atom stereocenters. The highest BCUT2D eigenvalue weighted by Gasteiger charge is 2.15. The van der Waals surface area contributed by atoms with Crippen LogP contribution < -0.4 is 5.43 Å². The van der Waals surface area contributed by atoms with Crippen molar-refractivity contribution < 1.29 is 9.53 Å². The summed E-state index contributed by atoms with van der Waals surface area (Å²) in [4.78, 5) is 11.3. The average molecular weight is 346 g/mol. The highest BCUT2D eigenvalue weighted by atomic mass is 127. The fourth-order valence-electron chi connectivity index (χ4n) is 1.04. The Bertz CT molecular complexity index is 425. The van der Waals surface area contributed by atoms with Crippen molar-refractivity contribution in [2.45, 2.75) is 26.4 Å². The molecule has 0 saturated heterocycles. The molecule has 0 aliphatic rings. The van der Waals surface area contributed by atoms with Crippen LogP contribution in [-0.4, -0.2) is 17.9 Å². The fraction of sp³-hybridized carbons (Fsp3) is 0.333. The zero-order valence-corrected chi connectivity index (χ0v) is 12.2. The number of nitrogens with one attached hydrogen (secondary N) is 1. The Morgan fingerprint density at radius 2 is 2.06 bits per heavy atom. The first-order valence-corrected chi connectivity index (χ1v) is 6.23. The summed E-state index contributed by atoms with van der Waals surface area (Å²) in [6, 6.07) is 7.74. The molecule has 17 heavy (non-hydrogen) atoms. The van der Waals surface area contributed by atoms with Gasteiger partial charge in [0.1, 0.15) is 5.60 Å². The molecule has 4 nitrogen and oxygen atoms in total. The van der Waals surface area contributed by atoms with E-state index in [1.165, 1.54) is 0 Å². The van der Waals surface area contributed by atoms with Gasteiger partial charge in [-0.1, -0.05) is 18.2 Å². The van der Waals surface area contributed by atoms with Crippen LogP contribution in [0.2, 0.25) is 0 Å². The Morgan fingerprint density at radius 1 is 1.41 bits per heavy atom. The van der Waals surface area contributed by atoms with Crippen molar-refractivity contribution in [1.82, 2.24) is 5.43 Å². The van der Waals surface area contributed by atoms with Gasteiger partial charge in [0.25, 0.3) is 0 Å². The number of amides is 1. The summed E-state index contributed by atoms with van der Waals surface area (Å²) in [5.41, 5.74) is 2.76. The largest absolute Gasteiger partial charge is 0.443 e. The molecule has 1 N–H and O–H groups in total. The summed E-state index contributed by atoms with van der Waals surface area (Å²) in [6.45, 7) is 5.41. The highest BCUT2D eigenvalue weighted by molar-refractivity contribution is 14.1. The number of hydrazone groups is 1. The van der Waals surface area contributed by atoms with Gasteiger partial charge in [-0.3, -0.25) is 0 Å². The SMILES string of the molecule is CC(C)(C)OC(=O)N/N=C/c1ccccc1I. The van der Waals surface area contributed by atoms with E-state index in [-0.39, 0.29) is 0 Å². The number of nitrogens with zero attached hydrogens (tertiary/aromatic N) is 1. The lowest BCUT2D eigenvalue weighted by molar-refractivity contribution is 0.0529. The maximum Gasteiger partial charge on any atom is 0.428 e. The van der Waals surface area contributed by atoms with Crippen LogP contribution in [0.25, 0.3) is 0 Å². The summed E-state index contributed by atoms with van der Waals surface area (Å²) >= 11 is 2.20. The molecule has 0 heterocycles. The molecule has 0 aliphatic carbocycles. The summed E-state index contributed by atoms with van der Waals surface area (Å²) in [5, 5.41) is 3.83. The van der Waals surface area contributed by atoms with Gasteiger partial charge in [-0.05, 0) is 49.4 Å². The molecule has 5 heteroatoms. The zero-order valence-electron chi connectivity index (χ0n) is 10.0. The van der Waals surface area contributed by atoms with Gasteiger partial charge < -0.3 is 4.74 Å². The number of hydrogen-bond acceptors (Lipinski definition) is 3. The predicted octanol–water partition coefficient (Wildman–Crippen LogP) is 3.15. The number of carbonyl (C=O) groups excluding carboxylic acids is 1. The summed E-state index contributed by atoms with van der Waals surface area (Å²) in [6.07, 6.45) is 1.03. The smallest absolute Gasteiger partial charge is 0.428 e. The van der Waals surface area contributed by atoms with Crippen molar-refractivity contribution in [3.63, 3.8) is 0 Å². The topological polar surface area (TPSA) is 50.7 Å². The molecular weight excluding hydrogens is 331 g/mol. The summed E-state index contributed by atoms with van der Waals surface area (Å²) < 4.78 is 6.11. The van der Waals surface area contributed by atoms with Crippen LogP contribution in [0.3, 0.4) is 0 Å². The molecule has 92 valence electrons. The van der Waals surface area contributed by atoms with Gasteiger partial charge in [0.05, 0.1) is 6.21 Å². The van der Waals surface area contributed by atoms with E-state index < -0.39 is 11.7 Å². The molecule has 0 aliphatic heterocycles. The second kappa shape index (κ2) is 6.00. The van der Waals surface area contributed by atoms with Crippen LogP contribution in [0.15, 0.2) is 29.4 Å². The first kappa shape index (κ1) is 14.0. The molecule has 0 aromatic heterocycles. The fourth-order valence-corrected chi connectivity index (χ4v) is 1.56. The van der Waals surface area contributed by atoms with E-state index in [1.807, 2.05) is 24.3 Å². The van der Waals surface area contributed by atoms with Gasteiger partial charge in [0.15, 0.2) is 0 Å². The van der Waals surface area contributed by atoms with Crippen LogP contribution in [0, 0.1) is 3.57 Å². The van der Waals surface area contributed by atoms with Gasteiger partial charge in [-0.2, -0.15) is 5.10 Å². The van der Waals surface area contributed by atoms with Crippen LogP contribution in [0.1, 0.15) is 26.3 Å². The molecule has 0 spiro atoms. The van der Waals surface area contributed by atoms with Crippen LogP contribution in [0.4, 0.5) is 4.79 Å². The first-order valence-electron chi connectivity index (χ1n) is 5.15. The Balaban J connectivity index is 2.51. The molecule has 0 bridgehead atoms. The van der Waals surface area contributed by atoms with E-state index in [4.69, 9.17) is 4.74 Å². The van der Waals surface area contributed by atoms with Crippen molar-refractivity contribution >= 4 is 34.9 Å². The minimum Gasteiger partial charge on any atom is -0.443 e. The lowest BCUT2D eigenvalue weighted by atomic mass is 10.2.